The molecule has 3 aromatic heterocycles. The minimum atomic E-state index is -1.50. The van der Waals surface area contributed by atoms with Crippen molar-refractivity contribution < 1.29 is 14.9 Å². The maximum atomic E-state index is 8.08. The number of aromatic nitrogens is 5. The molecule has 4 aromatic rings. The number of pyridine rings is 1. The van der Waals surface area contributed by atoms with Gasteiger partial charge < -0.3 is 20.7 Å². The predicted molar refractivity (Wildman–Crippen MR) is 127 cm³/mol. The Morgan fingerprint density at radius 3 is 2.82 bits per heavy atom. The average Bonchev–Trinajstić information content (AvgIpc) is 3.40. The molecule has 1 saturated heterocycles. The molecule has 2 atom stereocenters. The number of hydrogen-bond donors (Lipinski definition) is 4. The summed E-state index contributed by atoms with van der Waals surface area (Å²) >= 11 is 1.60. The van der Waals surface area contributed by atoms with E-state index in [0.29, 0.717) is 17.0 Å². The van der Waals surface area contributed by atoms with Gasteiger partial charge in [0, 0.05) is 23.0 Å². The van der Waals surface area contributed by atoms with Gasteiger partial charge in [-0.2, -0.15) is 0 Å². The topological polar surface area (TPSA) is 144 Å². The van der Waals surface area contributed by atoms with E-state index in [2.05, 4.69) is 48.9 Å². The van der Waals surface area contributed by atoms with Crippen LogP contribution in [0.1, 0.15) is 32.9 Å². The lowest BCUT2D eigenvalue weighted by molar-refractivity contribution is -0.127. The molecule has 0 saturated carbocycles. The molecule has 0 amide bonds. The Bertz CT molecular complexity index is 1220. The molecule has 10 nitrogen and oxygen atoms in total. The first kappa shape index (κ1) is 23.3. The summed E-state index contributed by atoms with van der Waals surface area (Å²) < 4.78 is 11.5. The fourth-order valence-electron chi connectivity index (χ4n) is 3.45. The smallest absolute Gasteiger partial charge is 0.167 e. The highest BCUT2D eigenvalue weighted by Gasteiger charge is 2.28. The number of nitrogens with two attached hydrogens (primary N) is 1. The van der Waals surface area contributed by atoms with E-state index in [0.717, 1.165) is 35.2 Å². The van der Waals surface area contributed by atoms with Crippen LogP contribution in [0.3, 0.4) is 0 Å². The molecule has 5 N–H and O–H groups in total. The second-order valence-electron chi connectivity index (χ2n) is 8.18. The Balaban J connectivity index is 0.000000471. The number of nitrogens with one attached hydrogen (secondary N) is 1. The van der Waals surface area contributed by atoms with E-state index in [9.17, 15) is 0 Å². The fourth-order valence-corrected chi connectivity index (χ4v) is 4.19. The molecule has 2 unspecified atom stereocenters. The highest BCUT2D eigenvalue weighted by molar-refractivity contribution is 7.97. The van der Waals surface area contributed by atoms with Crippen molar-refractivity contribution in [1.82, 2.24) is 29.2 Å². The number of anilines is 1. The van der Waals surface area contributed by atoms with Crippen molar-refractivity contribution in [2.75, 3.05) is 12.3 Å². The third-order valence-electron chi connectivity index (χ3n) is 4.86. The van der Waals surface area contributed by atoms with E-state index >= 15 is 0 Å². The lowest BCUT2D eigenvalue weighted by Gasteiger charge is -2.15. The van der Waals surface area contributed by atoms with Crippen molar-refractivity contribution in [3.8, 4) is 0 Å². The van der Waals surface area contributed by atoms with Gasteiger partial charge in [-0.05, 0) is 56.8 Å². The van der Waals surface area contributed by atoms with Gasteiger partial charge in [0.15, 0.2) is 17.3 Å². The normalized spacial score (nSPS) is 18.4. The molecule has 0 bridgehead atoms. The van der Waals surface area contributed by atoms with Gasteiger partial charge in [0.25, 0.3) is 0 Å². The fraction of sp³-hybridized carbons (Fsp3) is 0.364. The van der Waals surface area contributed by atoms with E-state index in [1.54, 1.807) is 18.3 Å². The van der Waals surface area contributed by atoms with E-state index in [4.69, 9.17) is 20.7 Å². The van der Waals surface area contributed by atoms with E-state index in [1.165, 1.54) is 20.2 Å². The molecule has 0 spiro atoms. The summed E-state index contributed by atoms with van der Waals surface area (Å²) in [6, 6.07) is 10.3. The van der Waals surface area contributed by atoms with Gasteiger partial charge in [0.1, 0.15) is 18.1 Å². The Morgan fingerprint density at radius 1 is 1.18 bits per heavy atom. The largest absolute Gasteiger partial charge is 0.382 e. The molecule has 33 heavy (non-hydrogen) atoms. The first-order valence-corrected chi connectivity index (χ1v) is 11.4. The number of benzene rings is 1. The van der Waals surface area contributed by atoms with Crippen LogP contribution in [0.4, 0.5) is 5.82 Å². The summed E-state index contributed by atoms with van der Waals surface area (Å²) in [7, 11) is 0. The third-order valence-corrected chi connectivity index (χ3v) is 5.66. The second kappa shape index (κ2) is 9.98. The van der Waals surface area contributed by atoms with Crippen molar-refractivity contribution in [2.24, 2.45) is 0 Å². The monoisotopic (exact) mass is 469 g/mol. The molecule has 1 aliphatic heterocycles. The van der Waals surface area contributed by atoms with Crippen molar-refractivity contribution in [3.05, 3.63) is 49.2 Å². The highest BCUT2D eigenvalue weighted by atomic mass is 32.2. The predicted octanol–water partition coefficient (Wildman–Crippen LogP) is 2.64. The van der Waals surface area contributed by atoms with E-state index in [-0.39, 0.29) is 12.3 Å². The molecule has 5 rings (SSSR count). The van der Waals surface area contributed by atoms with Crippen molar-refractivity contribution in [1.29, 1.82) is 0 Å². The number of nitrogen functional groups attached to an aromatic ring is 1. The minimum Gasteiger partial charge on any atom is -0.382 e. The van der Waals surface area contributed by atoms with Gasteiger partial charge in [0.05, 0.1) is 17.9 Å². The number of fused-ring (bicyclic) bond motifs is 2. The molecule has 1 aliphatic rings. The number of hydrogen-bond acceptors (Lipinski definition) is 10. The first-order valence-electron chi connectivity index (χ1n) is 10.6. The lowest BCUT2D eigenvalue weighted by atomic mass is 10.2. The molecule has 1 aromatic carbocycles. The van der Waals surface area contributed by atoms with Crippen LogP contribution in [-0.4, -0.2) is 53.2 Å². The molecule has 11 heteroatoms. The summed E-state index contributed by atoms with van der Waals surface area (Å²) in [5.74, 6) is -1.11. The Kier molecular flexibility index (Phi) is 7.05. The van der Waals surface area contributed by atoms with Crippen LogP contribution in [0, 0.1) is 0 Å². The first-order chi connectivity index (χ1) is 15.8. The molecule has 0 aliphatic carbocycles. The zero-order valence-corrected chi connectivity index (χ0v) is 19.2. The minimum absolute atomic E-state index is 0.0824. The molecule has 1 fully saturated rings. The quantitative estimate of drug-likeness (QED) is 0.254. The van der Waals surface area contributed by atoms with Crippen LogP contribution in [0.2, 0.25) is 0 Å². The lowest BCUT2D eigenvalue weighted by Crippen LogP contribution is -2.22. The van der Waals surface area contributed by atoms with Crippen LogP contribution < -0.4 is 10.5 Å². The summed E-state index contributed by atoms with van der Waals surface area (Å²) in [6.45, 7) is 3.35. The number of aliphatic hydroxyl groups is 2. The van der Waals surface area contributed by atoms with Crippen molar-refractivity contribution in [3.63, 3.8) is 0 Å². The van der Waals surface area contributed by atoms with E-state index < -0.39 is 5.79 Å². The van der Waals surface area contributed by atoms with Crippen LogP contribution >= 0.6 is 11.9 Å². The van der Waals surface area contributed by atoms with Crippen LogP contribution in [0.25, 0.3) is 22.1 Å². The molecular weight excluding hydrogens is 442 g/mol. The zero-order valence-electron chi connectivity index (χ0n) is 18.4. The second-order valence-corrected chi connectivity index (χ2v) is 9.14. The summed E-state index contributed by atoms with van der Waals surface area (Å²) in [4.78, 5) is 18.1. The Hall–Kier alpha value is -2.83. The highest BCUT2D eigenvalue weighted by Crippen LogP contribution is 2.31. The van der Waals surface area contributed by atoms with Gasteiger partial charge in [-0.3, -0.25) is 14.3 Å². The van der Waals surface area contributed by atoms with Crippen molar-refractivity contribution >= 4 is 39.8 Å². The van der Waals surface area contributed by atoms with E-state index in [1.807, 2.05) is 16.8 Å². The van der Waals surface area contributed by atoms with Gasteiger partial charge in [-0.15, -0.1) is 0 Å². The molecule has 4 heterocycles. The SMILES string of the molecule is CC(C)(O)O.Nc1ncnc2c1ncn2C1CCC(CNSc2ccc3cccnc3c2)O1. The molecule has 0 radical (unpaired) electrons. The number of imidazole rings is 1. The number of rotatable bonds is 5. The molecule has 174 valence electrons. The Labute approximate surface area is 195 Å². The van der Waals surface area contributed by atoms with Gasteiger partial charge >= 0.3 is 0 Å². The van der Waals surface area contributed by atoms with Gasteiger partial charge in [0.2, 0.25) is 0 Å². The van der Waals surface area contributed by atoms with Crippen molar-refractivity contribution in [2.45, 2.75) is 49.7 Å². The number of ether oxygens (including phenoxy) is 1. The van der Waals surface area contributed by atoms with Crippen LogP contribution in [-0.2, 0) is 4.74 Å². The average molecular weight is 470 g/mol. The maximum Gasteiger partial charge on any atom is 0.167 e. The number of nitrogens with zero attached hydrogens (tertiary/aromatic N) is 5. The zero-order chi connectivity index (χ0) is 23.4. The summed E-state index contributed by atoms with van der Waals surface area (Å²) in [6.07, 6.45) is 6.93. The molecular formula is C22H27N7O3S. The maximum absolute atomic E-state index is 8.08. The van der Waals surface area contributed by atoms with Crippen LogP contribution in [0.5, 0.6) is 0 Å². The van der Waals surface area contributed by atoms with Gasteiger partial charge in [-0.25, -0.2) is 15.0 Å². The standard InChI is InChI=1S/C19H19N7OS.C3H8O2/c20-18-17-19(23-10-22-18)26(11-24-17)16-6-4-13(27-16)9-25-28-14-5-3-12-2-1-7-21-15(12)8-14;1-3(2,4)5/h1-3,5,7-8,10-11,13,16,25H,4,6,9H2,(H2,20,22,23);4-5H,1-2H3. The summed E-state index contributed by atoms with van der Waals surface area (Å²) in [5.41, 5.74) is 8.20. The third kappa shape index (κ3) is 6.15. The van der Waals surface area contributed by atoms with Crippen LogP contribution in [0.15, 0.2) is 54.1 Å². The Morgan fingerprint density at radius 2 is 2.00 bits per heavy atom. The van der Waals surface area contributed by atoms with Gasteiger partial charge in [-0.1, -0.05) is 12.1 Å². The summed E-state index contributed by atoms with van der Waals surface area (Å²) in [5, 5.41) is 17.3.